The summed E-state index contributed by atoms with van der Waals surface area (Å²) in [5.41, 5.74) is 4.99. The molecular formula is C36H66O5. The highest BCUT2D eigenvalue weighted by molar-refractivity contribution is 5.58. The van der Waals surface area contributed by atoms with Crippen LogP contribution in [0.2, 0.25) is 0 Å². The number of ether oxygens (including phenoxy) is 5. The lowest BCUT2D eigenvalue weighted by molar-refractivity contribution is 0.0113. The van der Waals surface area contributed by atoms with Gasteiger partial charge in [0.15, 0.2) is 0 Å². The van der Waals surface area contributed by atoms with Gasteiger partial charge in [0, 0.05) is 12.2 Å². The van der Waals surface area contributed by atoms with Gasteiger partial charge >= 0.3 is 0 Å². The van der Waals surface area contributed by atoms with Gasteiger partial charge in [0.25, 0.3) is 0 Å². The number of benzene rings is 1. The molecule has 1 aliphatic heterocycles. The summed E-state index contributed by atoms with van der Waals surface area (Å²) in [6.45, 7) is 21.4. The highest BCUT2D eigenvalue weighted by atomic mass is 16.6. The Hall–Kier alpha value is -1.30. The van der Waals surface area contributed by atoms with Crippen molar-refractivity contribution in [2.75, 3.05) is 46.2 Å². The molecule has 1 aromatic carbocycles. The molecule has 1 aliphatic rings. The van der Waals surface area contributed by atoms with Crippen molar-refractivity contribution in [3.05, 3.63) is 22.3 Å². The molecule has 1 atom stereocenters. The van der Waals surface area contributed by atoms with E-state index in [1.807, 2.05) is 20.8 Å². The van der Waals surface area contributed by atoms with E-state index in [-0.39, 0.29) is 0 Å². The Morgan fingerprint density at radius 2 is 1.22 bits per heavy atom. The molecule has 0 aliphatic carbocycles. The Balaban J connectivity index is 0.00000411. The van der Waals surface area contributed by atoms with E-state index in [4.69, 9.17) is 23.7 Å². The molecule has 0 aromatic heterocycles. The normalized spacial score (nSPS) is 14.4. The van der Waals surface area contributed by atoms with E-state index in [1.54, 1.807) is 0 Å². The van der Waals surface area contributed by atoms with Crippen LogP contribution in [-0.4, -0.2) is 52.4 Å². The zero-order valence-electron chi connectivity index (χ0n) is 28.3. The number of rotatable bonds is 23. The Morgan fingerprint density at radius 1 is 0.683 bits per heavy atom. The Morgan fingerprint density at radius 3 is 1.80 bits per heavy atom. The fraction of sp³-hybridized carbons (Fsp3) is 0.833. The van der Waals surface area contributed by atoms with Crippen LogP contribution in [0.5, 0.6) is 11.5 Å². The van der Waals surface area contributed by atoms with E-state index in [1.165, 1.54) is 92.9 Å². The van der Waals surface area contributed by atoms with Crippen LogP contribution in [0.25, 0.3) is 0 Å². The summed E-state index contributed by atoms with van der Waals surface area (Å²) in [7, 11) is 0. The molecule has 0 saturated carbocycles. The molecule has 240 valence electrons. The third kappa shape index (κ3) is 15.7. The van der Waals surface area contributed by atoms with Gasteiger partial charge in [-0.15, -0.1) is 0 Å². The second-order valence-corrected chi connectivity index (χ2v) is 11.7. The Bertz CT molecular complexity index is 776. The summed E-state index contributed by atoms with van der Waals surface area (Å²) in [5, 5.41) is 0. The van der Waals surface area contributed by atoms with E-state index >= 15 is 0 Å². The predicted octanol–water partition coefficient (Wildman–Crippen LogP) is 9.73. The minimum absolute atomic E-state index is 0.354. The van der Waals surface area contributed by atoms with Crippen LogP contribution < -0.4 is 9.47 Å². The lowest BCUT2D eigenvalue weighted by Crippen LogP contribution is -2.24. The van der Waals surface area contributed by atoms with Crippen LogP contribution in [0.1, 0.15) is 134 Å². The van der Waals surface area contributed by atoms with Gasteiger partial charge in [0.1, 0.15) is 18.1 Å². The van der Waals surface area contributed by atoms with Crippen LogP contribution in [0.4, 0.5) is 0 Å². The summed E-state index contributed by atoms with van der Waals surface area (Å²) in [6.07, 6.45) is 17.6. The third-order valence-electron chi connectivity index (χ3n) is 8.04. The Labute approximate surface area is 254 Å². The molecule has 5 heteroatoms. The van der Waals surface area contributed by atoms with Crippen molar-refractivity contribution in [2.24, 2.45) is 5.92 Å². The van der Waals surface area contributed by atoms with Crippen molar-refractivity contribution in [1.82, 2.24) is 0 Å². The van der Waals surface area contributed by atoms with Gasteiger partial charge in [0.2, 0.25) is 0 Å². The first-order valence-corrected chi connectivity index (χ1v) is 17.1. The highest BCUT2D eigenvalue weighted by Crippen LogP contribution is 2.42. The van der Waals surface area contributed by atoms with Gasteiger partial charge in [0.05, 0.1) is 39.1 Å². The second-order valence-electron chi connectivity index (χ2n) is 11.7. The van der Waals surface area contributed by atoms with Crippen LogP contribution in [0.3, 0.4) is 0 Å². The minimum Gasteiger partial charge on any atom is -0.491 e. The van der Waals surface area contributed by atoms with Crippen LogP contribution in [-0.2, 0) is 20.6 Å². The van der Waals surface area contributed by atoms with Crippen LogP contribution in [0.15, 0.2) is 0 Å². The standard InChI is InChI=1S/C34H60O5.C2H6/c1-7-35-21-22-36-23-24-37-25-26-38-33-28(4)29(5)34-32(30(33)6)20-19-31(39-34)18-16-14-12-10-8-9-11-13-15-17-27(2)3;1-2/h27,31H,7-26H2,1-6H3;1-2H3. The molecule has 0 spiro atoms. The quantitative estimate of drug-likeness (QED) is 0.121. The van der Waals surface area contributed by atoms with Crippen LogP contribution >= 0.6 is 0 Å². The molecule has 1 unspecified atom stereocenters. The molecule has 0 saturated heterocycles. The third-order valence-corrected chi connectivity index (χ3v) is 8.04. The molecule has 41 heavy (non-hydrogen) atoms. The van der Waals surface area contributed by atoms with Crippen molar-refractivity contribution in [1.29, 1.82) is 0 Å². The van der Waals surface area contributed by atoms with E-state index < -0.39 is 0 Å². The smallest absolute Gasteiger partial charge is 0.126 e. The molecule has 2 rings (SSSR count). The number of fused-ring (bicyclic) bond motifs is 1. The van der Waals surface area contributed by atoms with Gasteiger partial charge in [-0.1, -0.05) is 85.5 Å². The number of hydrogen-bond donors (Lipinski definition) is 0. The molecule has 0 radical (unpaired) electrons. The van der Waals surface area contributed by atoms with Crippen molar-refractivity contribution in [3.8, 4) is 11.5 Å². The maximum Gasteiger partial charge on any atom is 0.126 e. The number of hydrogen-bond acceptors (Lipinski definition) is 5. The summed E-state index contributed by atoms with van der Waals surface area (Å²) in [4.78, 5) is 0. The maximum atomic E-state index is 6.58. The fourth-order valence-corrected chi connectivity index (χ4v) is 5.52. The zero-order chi connectivity index (χ0) is 30.3. The summed E-state index contributed by atoms with van der Waals surface area (Å²) in [6, 6.07) is 0. The summed E-state index contributed by atoms with van der Waals surface area (Å²) >= 11 is 0. The second kappa shape index (κ2) is 24.2. The van der Waals surface area contributed by atoms with Crippen molar-refractivity contribution in [2.45, 2.75) is 145 Å². The average molecular weight is 579 g/mol. The van der Waals surface area contributed by atoms with E-state index in [0.29, 0.717) is 45.7 Å². The molecule has 1 heterocycles. The maximum absolute atomic E-state index is 6.58. The van der Waals surface area contributed by atoms with Gasteiger partial charge in [-0.2, -0.15) is 0 Å². The summed E-state index contributed by atoms with van der Waals surface area (Å²) in [5.74, 6) is 2.98. The van der Waals surface area contributed by atoms with Gasteiger partial charge in [-0.3, -0.25) is 0 Å². The lowest BCUT2D eigenvalue weighted by Gasteiger charge is -2.31. The first kappa shape index (κ1) is 37.7. The predicted molar refractivity (Wildman–Crippen MR) is 174 cm³/mol. The van der Waals surface area contributed by atoms with Crippen molar-refractivity contribution < 1.29 is 23.7 Å². The van der Waals surface area contributed by atoms with E-state index in [2.05, 4.69) is 34.6 Å². The topological polar surface area (TPSA) is 46.2 Å². The fourth-order valence-electron chi connectivity index (χ4n) is 5.52. The van der Waals surface area contributed by atoms with E-state index in [9.17, 15) is 0 Å². The molecule has 5 nitrogen and oxygen atoms in total. The summed E-state index contributed by atoms with van der Waals surface area (Å²) < 4.78 is 29.2. The monoisotopic (exact) mass is 578 g/mol. The van der Waals surface area contributed by atoms with Gasteiger partial charge in [-0.05, 0) is 76.0 Å². The minimum atomic E-state index is 0.354. The highest BCUT2D eigenvalue weighted by Gasteiger charge is 2.26. The average Bonchev–Trinajstić information content (AvgIpc) is 2.98. The first-order chi connectivity index (χ1) is 20.0. The SMILES string of the molecule is CC.CCOCCOCCOCCOc1c(C)c(C)c2c(c1C)CCC(CCCCCCCCCCCC(C)C)O2. The molecule has 0 fully saturated rings. The van der Waals surface area contributed by atoms with Gasteiger partial charge in [-0.25, -0.2) is 0 Å². The van der Waals surface area contributed by atoms with E-state index in [0.717, 1.165) is 36.9 Å². The van der Waals surface area contributed by atoms with Crippen molar-refractivity contribution >= 4 is 0 Å². The molecule has 1 aromatic rings. The van der Waals surface area contributed by atoms with Gasteiger partial charge < -0.3 is 23.7 Å². The lowest BCUT2D eigenvalue weighted by atomic mass is 9.90. The van der Waals surface area contributed by atoms with Crippen molar-refractivity contribution in [3.63, 3.8) is 0 Å². The first-order valence-electron chi connectivity index (χ1n) is 17.1. The largest absolute Gasteiger partial charge is 0.491 e. The Kier molecular flexibility index (Phi) is 22.2. The molecular weight excluding hydrogens is 512 g/mol. The molecule has 0 N–H and O–H groups in total. The number of unbranched alkanes of at least 4 members (excludes halogenated alkanes) is 8. The molecule has 0 amide bonds. The molecule has 0 bridgehead atoms. The van der Waals surface area contributed by atoms with Crippen LogP contribution in [0, 0.1) is 26.7 Å². The zero-order valence-corrected chi connectivity index (χ0v) is 28.3.